The number of nitrogens with one attached hydrogen (secondary N) is 2. The third-order valence-corrected chi connectivity index (χ3v) is 2.44. The van der Waals surface area contributed by atoms with Crippen LogP contribution in [-0.2, 0) is 4.79 Å². The van der Waals surface area contributed by atoms with E-state index >= 15 is 0 Å². The maximum absolute atomic E-state index is 10.8. The molecule has 0 aromatic heterocycles. The summed E-state index contributed by atoms with van der Waals surface area (Å²) in [6.07, 6.45) is 0. The van der Waals surface area contributed by atoms with Gasteiger partial charge in [-0.3, -0.25) is 10.2 Å². The van der Waals surface area contributed by atoms with Crippen molar-refractivity contribution in [3.8, 4) is 0 Å². The van der Waals surface area contributed by atoms with Crippen molar-refractivity contribution in [3.63, 3.8) is 0 Å². The van der Waals surface area contributed by atoms with Crippen molar-refractivity contribution in [2.45, 2.75) is 0 Å². The molecule has 2 aliphatic heterocycles. The molecule has 0 aromatic carbocycles. The third-order valence-electron chi connectivity index (χ3n) is 1.50. The number of rotatable bonds is 0. The summed E-state index contributed by atoms with van der Waals surface area (Å²) in [5, 5.41) is 1.99. The van der Waals surface area contributed by atoms with Gasteiger partial charge in [-0.25, -0.2) is 0 Å². The summed E-state index contributed by atoms with van der Waals surface area (Å²) in [4.78, 5) is 10.8. The van der Waals surface area contributed by atoms with Crippen molar-refractivity contribution in [1.82, 2.24) is 10.9 Å². The van der Waals surface area contributed by atoms with Crippen LogP contribution >= 0.6 is 11.8 Å². The topological polar surface area (TPSA) is 41.1 Å². The first-order chi connectivity index (χ1) is 4.38. The second kappa shape index (κ2) is 1.67. The number of hydrogen-bond donors (Lipinski definition) is 2. The van der Waals surface area contributed by atoms with E-state index in [9.17, 15) is 4.79 Å². The Balaban J connectivity index is 2.29. The zero-order valence-electron chi connectivity index (χ0n) is 4.68. The summed E-state index contributed by atoms with van der Waals surface area (Å²) in [7, 11) is 0. The Morgan fingerprint density at radius 1 is 1.67 bits per heavy atom. The van der Waals surface area contributed by atoms with E-state index in [0.29, 0.717) is 0 Å². The molecule has 9 heavy (non-hydrogen) atoms. The molecule has 3 nitrogen and oxygen atoms in total. The second-order valence-corrected chi connectivity index (χ2v) is 2.98. The summed E-state index contributed by atoms with van der Waals surface area (Å²) in [5.74, 6) is 1.11. The largest absolute Gasteiger partial charge is 0.301 e. The quantitative estimate of drug-likeness (QED) is 0.493. The van der Waals surface area contributed by atoms with Gasteiger partial charge in [0.05, 0.1) is 11.6 Å². The molecule has 1 amide bonds. The van der Waals surface area contributed by atoms with E-state index in [-0.39, 0.29) is 11.8 Å². The molecule has 48 valence electrons. The molecule has 2 aliphatic rings. The average Bonchev–Trinajstić information content (AvgIpc) is 2.35. The molecule has 4 heteroatoms. The Hall–Kier alpha value is -0.640. The molecule has 2 rings (SSSR count). The van der Waals surface area contributed by atoms with E-state index in [1.54, 1.807) is 11.8 Å². The average molecular weight is 142 g/mol. The van der Waals surface area contributed by atoms with Crippen LogP contribution in [0.1, 0.15) is 0 Å². The first kappa shape index (κ1) is 5.17. The highest BCUT2D eigenvalue weighted by molar-refractivity contribution is 8.02. The van der Waals surface area contributed by atoms with Crippen LogP contribution in [0.3, 0.4) is 0 Å². The maximum atomic E-state index is 10.8. The Labute approximate surface area is 56.9 Å². The second-order valence-electron chi connectivity index (χ2n) is 2.07. The van der Waals surface area contributed by atoms with Crippen LogP contribution in [0, 0.1) is 5.92 Å². The number of hydrazine groups is 1. The zero-order valence-corrected chi connectivity index (χ0v) is 5.49. The van der Waals surface area contributed by atoms with Gasteiger partial charge in [-0.05, 0) is 5.41 Å². The van der Waals surface area contributed by atoms with Crippen molar-refractivity contribution in [3.05, 3.63) is 11.1 Å². The lowest BCUT2D eigenvalue weighted by Gasteiger charge is -1.93. The SMILES string of the molecule is O=C1NNC2=CSCC12. The molecule has 0 aromatic rings. The lowest BCUT2D eigenvalue weighted by molar-refractivity contribution is -0.121. The number of thioether (sulfide) groups is 1. The van der Waals surface area contributed by atoms with Crippen LogP contribution in [0.5, 0.6) is 0 Å². The highest BCUT2D eigenvalue weighted by Gasteiger charge is 2.32. The van der Waals surface area contributed by atoms with Crippen LogP contribution in [0.4, 0.5) is 0 Å². The lowest BCUT2D eigenvalue weighted by atomic mass is 10.1. The number of hydrogen-bond acceptors (Lipinski definition) is 3. The molecule has 0 bridgehead atoms. The predicted octanol–water partition coefficient (Wildman–Crippen LogP) is -0.175. The first-order valence-corrected chi connectivity index (χ1v) is 3.80. The van der Waals surface area contributed by atoms with Gasteiger partial charge in [0.15, 0.2) is 0 Å². The molecule has 1 fully saturated rings. The molecule has 0 saturated carbocycles. The van der Waals surface area contributed by atoms with Gasteiger partial charge in [0.1, 0.15) is 0 Å². The summed E-state index contributed by atoms with van der Waals surface area (Å²) >= 11 is 1.68. The van der Waals surface area contributed by atoms with E-state index in [1.807, 2.05) is 5.41 Å². The Kier molecular flexibility index (Phi) is 0.958. The molecule has 1 atom stereocenters. The van der Waals surface area contributed by atoms with Crippen LogP contribution in [-0.4, -0.2) is 11.7 Å². The Morgan fingerprint density at radius 3 is 3.33 bits per heavy atom. The van der Waals surface area contributed by atoms with Crippen molar-refractivity contribution in [1.29, 1.82) is 0 Å². The number of amides is 1. The van der Waals surface area contributed by atoms with Gasteiger partial charge in [-0.2, -0.15) is 0 Å². The summed E-state index contributed by atoms with van der Waals surface area (Å²) in [6, 6.07) is 0. The number of carbonyl (C=O) groups excluding carboxylic acids is 1. The molecule has 1 unspecified atom stereocenters. The minimum Gasteiger partial charge on any atom is -0.301 e. The first-order valence-electron chi connectivity index (χ1n) is 2.75. The fourth-order valence-corrected chi connectivity index (χ4v) is 1.98. The molecule has 0 aliphatic carbocycles. The lowest BCUT2D eigenvalue weighted by Crippen LogP contribution is -2.26. The Bertz CT molecular complexity index is 189. The van der Waals surface area contributed by atoms with E-state index in [4.69, 9.17) is 0 Å². The van der Waals surface area contributed by atoms with E-state index in [1.165, 1.54) is 0 Å². The van der Waals surface area contributed by atoms with E-state index in [2.05, 4.69) is 10.9 Å². The van der Waals surface area contributed by atoms with Crippen LogP contribution in [0.25, 0.3) is 0 Å². The molecule has 1 saturated heterocycles. The molecule has 0 radical (unpaired) electrons. The highest BCUT2D eigenvalue weighted by Crippen LogP contribution is 2.28. The minimum atomic E-state index is 0.103. The van der Waals surface area contributed by atoms with Gasteiger partial charge in [-0.1, -0.05) is 0 Å². The normalized spacial score (nSPS) is 30.9. The van der Waals surface area contributed by atoms with Gasteiger partial charge in [0.25, 0.3) is 0 Å². The fraction of sp³-hybridized carbons (Fsp3) is 0.400. The zero-order chi connectivity index (χ0) is 6.27. The van der Waals surface area contributed by atoms with Gasteiger partial charge in [-0.15, -0.1) is 11.8 Å². The maximum Gasteiger partial charge on any atom is 0.248 e. The van der Waals surface area contributed by atoms with Gasteiger partial charge < -0.3 is 5.43 Å². The van der Waals surface area contributed by atoms with Gasteiger partial charge in [0.2, 0.25) is 5.91 Å². The van der Waals surface area contributed by atoms with Crippen LogP contribution in [0.2, 0.25) is 0 Å². The van der Waals surface area contributed by atoms with E-state index < -0.39 is 0 Å². The van der Waals surface area contributed by atoms with Crippen molar-refractivity contribution in [2.24, 2.45) is 5.92 Å². The molecular formula is C5H6N2OS. The monoisotopic (exact) mass is 142 g/mol. The van der Waals surface area contributed by atoms with Gasteiger partial charge in [0, 0.05) is 5.75 Å². The van der Waals surface area contributed by atoms with Crippen molar-refractivity contribution in [2.75, 3.05) is 5.75 Å². The summed E-state index contributed by atoms with van der Waals surface area (Å²) in [5.41, 5.74) is 6.39. The highest BCUT2D eigenvalue weighted by atomic mass is 32.2. The molecular weight excluding hydrogens is 136 g/mol. The number of fused-ring (bicyclic) bond motifs is 1. The van der Waals surface area contributed by atoms with Gasteiger partial charge >= 0.3 is 0 Å². The third kappa shape index (κ3) is 0.627. The smallest absolute Gasteiger partial charge is 0.248 e. The molecule has 0 spiro atoms. The van der Waals surface area contributed by atoms with Crippen LogP contribution in [0.15, 0.2) is 11.1 Å². The number of carbonyl (C=O) groups is 1. The Morgan fingerprint density at radius 2 is 2.56 bits per heavy atom. The molecule has 2 N–H and O–H groups in total. The minimum absolute atomic E-state index is 0.103. The summed E-state index contributed by atoms with van der Waals surface area (Å²) < 4.78 is 0. The van der Waals surface area contributed by atoms with E-state index in [0.717, 1.165) is 11.4 Å². The van der Waals surface area contributed by atoms with Crippen LogP contribution < -0.4 is 10.9 Å². The van der Waals surface area contributed by atoms with Crippen molar-refractivity contribution < 1.29 is 4.79 Å². The predicted molar refractivity (Wildman–Crippen MR) is 35.3 cm³/mol. The summed E-state index contributed by atoms with van der Waals surface area (Å²) in [6.45, 7) is 0. The fourth-order valence-electron chi connectivity index (χ4n) is 0.960. The standard InChI is InChI=1S/C5H6N2OS/c8-5-3-1-9-2-4(3)6-7-5/h2-3,6H,1H2,(H,7,8). The van der Waals surface area contributed by atoms with Crippen molar-refractivity contribution >= 4 is 17.7 Å². The molecule has 2 heterocycles.